The van der Waals surface area contributed by atoms with E-state index in [0.29, 0.717) is 11.5 Å². The van der Waals surface area contributed by atoms with E-state index in [1.54, 1.807) is 6.33 Å². The predicted molar refractivity (Wildman–Crippen MR) is 75.1 cm³/mol. The van der Waals surface area contributed by atoms with Crippen LogP contribution < -0.4 is 0 Å². The molecule has 20 heavy (non-hydrogen) atoms. The van der Waals surface area contributed by atoms with Gasteiger partial charge in [-0.3, -0.25) is 0 Å². The van der Waals surface area contributed by atoms with E-state index in [9.17, 15) is 0 Å². The molecule has 0 saturated heterocycles. The summed E-state index contributed by atoms with van der Waals surface area (Å²) in [6.07, 6.45) is 4.10. The van der Waals surface area contributed by atoms with Gasteiger partial charge in [-0.05, 0) is 48.6 Å². The number of hydrogen-bond acceptors (Lipinski definition) is 3. The van der Waals surface area contributed by atoms with Gasteiger partial charge in [0, 0.05) is 5.56 Å². The Kier molecular flexibility index (Phi) is 2.33. The van der Waals surface area contributed by atoms with Crippen LogP contribution >= 0.6 is 0 Å². The minimum Gasteiger partial charge on any atom is -0.215 e. The third kappa shape index (κ3) is 1.76. The maximum absolute atomic E-state index is 8.89. The van der Waals surface area contributed by atoms with E-state index < -0.39 is 0 Å². The molecule has 4 heteroatoms. The van der Waals surface area contributed by atoms with Gasteiger partial charge in [0.05, 0.1) is 17.3 Å². The van der Waals surface area contributed by atoms with E-state index in [4.69, 9.17) is 5.26 Å². The van der Waals surface area contributed by atoms with Gasteiger partial charge in [-0.25, -0.2) is 9.50 Å². The fourth-order valence-corrected chi connectivity index (χ4v) is 2.52. The van der Waals surface area contributed by atoms with E-state index in [0.717, 1.165) is 16.9 Å². The molecule has 0 spiro atoms. The average Bonchev–Trinajstić information content (AvgIpc) is 3.24. The molecule has 0 amide bonds. The maximum Gasteiger partial charge on any atom is 0.156 e. The Morgan fingerprint density at radius 2 is 1.95 bits per heavy atom. The van der Waals surface area contributed by atoms with E-state index in [-0.39, 0.29) is 0 Å². The molecule has 1 fully saturated rings. The fraction of sp³-hybridized carbons (Fsp3) is 0.188. The Morgan fingerprint density at radius 1 is 1.15 bits per heavy atom. The standard InChI is InChI=1S/C16H12N4/c17-9-11-1-3-13(4-2-11)15-7-14(12-5-6-12)8-16-18-10-19-20(15)16/h1-4,7-8,10,12H,5-6H2. The van der Waals surface area contributed by atoms with Crippen molar-refractivity contribution in [3.8, 4) is 17.3 Å². The molecule has 4 rings (SSSR count). The zero-order valence-corrected chi connectivity index (χ0v) is 10.8. The summed E-state index contributed by atoms with van der Waals surface area (Å²) in [5.74, 6) is 0.675. The zero-order valence-electron chi connectivity index (χ0n) is 10.8. The first kappa shape index (κ1) is 11.2. The first-order valence-electron chi connectivity index (χ1n) is 6.69. The molecule has 0 radical (unpaired) electrons. The minimum atomic E-state index is 0.668. The molecule has 0 N–H and O–H groups in total. The normalized spacial score (nSPS) is 14.3. The molecule has 3 aromatic rings. The SMILES string of the molecule is N#Cc1ccc(-c2cc(C3CC3)cc3ncnn23)cc1. The largest absolute Gasteiger partial charge is 0.215 e. The molecule has 2 heterocycles. The molecule has 0 aliphatic heterocycles. The number of hydrogen-bond donors (Lipinski definition) is 0. The predicted octanol–water partition coefficient (Wildman–Crippen LogP) is 3.15. The van der Waals surface area contributed by atoms with Gasteiger partial charge >= 0.3 is 0 Å². The van der Waals surface area contributed by atoms with Crippen molar-refractivity contribution in [2.75, 3.05) is 0 Å². The van der Waals surface area contributed by atoms with Crippen LogP contribution in [-0.2, 0) is 0 Å². The molecular formula is C16H12N4. The highest BCUT2D eigenvalue weighted by Crippen LogP contribution is 2.41. The third-order valence-corrected chi connectivity index (χ3v) is 3.76. The van der Waals surface area contributed by atoms with Gasteiger partial charge in [0.1, 0.15) is 6.33 Å². The molecule has 0 unspecified atom stereocenters. The summed E-state index contributed by atoms with van der Waals surface area (Å²) in [7, 11) is 0. The lowest BCUT2D eigenvalue weighted by Crippen LogP contribution is -1.96. The van der Waals surface area contributed by atoms with Gasteiger partial charge in [-0.15, -0.1) is 0 Å². The minimum absolute atomic E-state index is 0.668. The lowest BCUT2D eigenvalue weighted by atomic mass is 10.1. The van der Waals surface area contributed by atoms with Crippen LogP contribution in [0.3, 0.4) is 0 Å². The maximum atomic E-state index is 8.89. The van der Waals surface area contributed by atoms with Gasteiger partial charge in [0.25, 0.3) is 0 Å². The number of benzene rings is 1. The van der Waals surface area contributed by atoms with Crippen molar-refractivity contribution in [1.29, 1.82) is 5.26 Å². The topological polar surface area (TPSA) is 54.0 Å². The molecular weight excluding hydrogens is 248 g/mol. The number of rotatable bonds is 2. The number of nitrogens with zero attached hydrogens (tertiary/aromatic N) is 4. The van der Waals surface area contributed by atoms with Crippen LogP contribution in [0.15, 0.2) is 42.7 Å². The molecule has 1 aliphatic rings. The molecule has 1 aromatic carbocycles. The van der Waals surface area contributed by atoms with Crippen LogP contribution in [0.2, 0.25) is 0 Å². The third-order valence-electron chi connectivity index (χ3n) is 3.76. The van der Waals surface area contributed by atoms with Gasteiger partial charge < -0.3 is 0 Å². The van der Waals surface area contributed by atoms with Crippen molar-refractivity contribution in [3.63, 3.8) is 0 Å². The van der Waals surface area contributed by atoms with Crippen LogP contribution in [-0.4, -0.2) is 14.6 Å². The molecule has 0 bridgehead atoms. The Morgan fingerprint density at radius 3 is 2.65 bits per heavy atom. The molecule has 2 aromatic heterocycles. The monoisotopic (exact) mass is 260 g/mol. The highest BCUT2D eigenvalue weighted by Gasteiger charge is 2.25. The van der Waals surface area contributed by atoms with Crippen molar-refractivity contribution in [2.24, 2.45) is 0 Å². The Labute approximate surface area is 116 Å². The van der Waals surface area contributed by atoms with Crippen molar-refractivity contribution in [3.05, 3.63) is 53.9 Å². The molecule has 4 nitrogen and oxygen atoms in total. The van der Waals surface area contributed by atoms with E-state index in [2.05, 4.69) is 28.3 Å². The molecule has 1 saturated carbocycles. The van der Waals surface area contributed by atoms with Crippen molar-refractivity contribution < 1.29 is 0 Å². The lowest BCUT2D eigenvalue weighted by Gasteiger charge is -2.08. The van der Waals surface area contributed by atoms with Crippen LogP contribution in [0.1, 0.15) is 29.9 Å². The van der Waals surface area contributed by atoms with Crippen molar-refractivity contribution >= 4 is 5.65 Å². The second kappa shape index (κ2) is 4.17. The highest BCUT2D eigenvalue weighted by molar-refractivity contribution is 5.65. The van der Waals surface area contributed by atoms with Gasteiger partial charge in [-0.2, -0.15) is 10.4 Å². The zero-order chi connectivity index (χ0) is 13.5. The lowest BCUT2D eigenvalue weighted by molar-refractivity contribution is 0.958. The fourth-order valence-electron chi connectivity index (χ4n) is 2.52. The smallest absolute Gasteiger partial charge is 0.156 e. The van der Waals surface area contributed by atoms with Gasteiger partial charge in [0.2, 0.25) is 0 Å². The first-order chi connectivity index (χ1) is 9.85. The summed E-state index contributed by atoms with van der Waals surface area (Å²) in [6, 6.07) is 14.1. The Balaban J connectivity index is 1.92. The summed E-state index contributed by atoms with van der Waals surface area (Å²) in [5.41, 5.74) is 4.98. The van der Waals surface area contributed by atoms with Crippen LogP contribution in [0.4, 0.5) is 0 Å². The van der Waals surface area contributed by atoms with E-state index in [1.807, 2.05) is 28.8 Å². The highest BCUT2D eigenvalue weighted by atomic mass is 15.3. The summed E-state index contributed by atoms with van der Waals surface area (Å²) < 4.78 is 1.85. The van der Waals surface area contributed by atoms with E-state index >= 15 is 0 Å². The van der Waals surface area contributed by atoms with Crippen molar-refractivity contribution in [1.82, 2.24) is 14.6 Å². The van der Waals surface area contributed by atoms with Crippen molar-refractivity contribution in [2.45, 2.75) is 18.8 Å². The molecule has 1 aliphatic carbocycles. The summed E-state index contributed by atoms with van der Waals surface area (Å²) in [5, 5.41) is 13.2. The Hall–Kier alpha value is -2.67. The summed E-state index contributed by atoms with van der Waals surface area (Å²) in [4.78, 5) is 4.31. The number of pyridine rings is 1. The molecule has 96 valence electrons. The number of aromatic nitrogens is 3. The van der Waals surface area contributed by atoms with Gasteiger partial charge in [0.15, 0.2) is 5.65 Å². The molecule has 0 atom stereocenters. The second-order valence-corrected chi connectivity index (χ2v) is 5.17. The van der Waals surface area contributed by atoms with E-state index in [1.165, 1.54) is 18.4 Å². The first-order valence-corrected chi connectivity index (χ1v) is 6.69. The summed E-state index contributed by atoms with van der Waals surface area (Å²) >= 11 is 0. The van der Waals surface area contributed by atoms with Crippen LogP contribution in [0.25, 0.3) is 16.9 Å². The summed E-state index contributed by atoms with van der Waals surface area (Å²) in [6.45, 7) is 0. The quantitative estimate of drug-likeness (QED) is 0.711. The average molecular weight is 260 g/mol. The van der Waals surface area contributed by atoms with Gasteiger partial charge in [-0.1, -0.05) is 12.1 Å². The second-order valence-electron chi connectivity index (χ2n) is 5.17. The van der Waals surface area contributed by atoms with Crippen LogP contribution in [0, 0.1) is 11.3 Å². The Bertz CT molecular complexity index is 820. The number of fused-ring (bicyclic) bond motifs is 1. The van der Waals surface area contributed by atoms with Crippen LogP contribution in [0.5, 0.6) is 0 Å². The number of nitriles is 1.